The third-order valence-corrected chi connectivity index (χ3v) is 6.13. The summed E-state index contributed by atoms with van der Waals surface area (Å²) in [5, 5.41) is 4.39. The molecule has 0 saturated carbocycles. The molecule has 0 aliphatic rings. The highest BCUT2D eigenvalue weighted by Crippen LogP contribution is 2.30. The lowest BCUT2D eigenvalue weighted by atomic mass is 10.1. The largest absolute Gasteiger partial charge is 0.465 e. The monoisotopic (exact) mass is 411 g/mol. The Labute approximate surface area is 165 Å². The van der Waals surface area contributed by atoms with Crippen molar-refractivity contribution in [1.82, 2.24) is 9.78 Å². The van der Waals surface area contributed by atoms with E-state index in [0.717, 1.165) is 16.4 Å². The van der Waals surface area contributed by atoms with Crippen molar-refractivity contribution >= 4 is 21.7 Å². The van der Waals surface area contributed by atoms with Crippen LogP contribution in [0.5, 0.6) is 0 Å². The fourth-order valence-corrected chi connectivity index (χ4v) is 4.78. The number of esters is 1. The van der Waals surface area contributed by atoms with Crippen molar-refractivity contribution in [2.24, 2.45) is 0 Å². The maximum atomic E-state index is 13.5. The smallest absolute Gasteiger partial charge is 0.326 e. The average molecular weight is 411 g/mol. The number of aromatic nitrogens is 2. The first-order valence-electron chi connectivity index (χ1n) is 8.90. The van der Waals surface area contributed by atoms with Crippen molar-refractivity contribution in [2.45, 2.75) is 52.0 Å². The van der Waals surface area contributed by atoms with Crippen LogP contribution in [0.2, 0.25) is 0 Å². The second kappa shape index (κ2) is 7.90. The van der Waals surface area contributed by atoms with Crippen molar-refractivity contribution in [3.8, 4) is 0 Å². The minimum atomic E-state index is -4.15. The van der Waals surface area contributed by atoms with Gasteiger partial charge in [-0.05, 0) is 65.8 Å². The molecule has 2 aromatic rings. The minimum absolute atomic E-state index is 0.0241. The number of carbonyl (C=O) groups excluding carboxylic acids is 1. The van der Waals surface area contributed by atoms with Crippen molar-refractivity contribution in [3.05, 3.63) is 41.5 Å². The molecule has 0 spiro atoms. The van der Waals surface area contributed by atoms with Crippen molar-refractivity contribution in [2.75, 3.05) is 17.5 Å². The van der Waals surface area contributed by atoms with E-state index < -0.39 is 33.9 Å². The molecule has 154 valence electrons. The summed E-state index contributed by atoms with van der Waals surface area (Å²) in [6, 6.07) is 4.90. The van der Waals surface area contributed by atoms with Gasteiger partial charge in [-0.25, -0.2) is 12.8 Å². The van der Waals surface area contributed by atoms with Crippen LogP contribution in [0.1, 0.15) is 39.1 Å². The van der Waals surface area contributed by atoms with E-state index in [1.807, 2.05) is 20.8 Å². The maximum Gasteiger partial charge on any atom is 0.326 e. The number of hydrogen-bond acceptors (Lipinski definition) is 5. The fourth-order valence-electron chi connectivity index (χ4n) is 3.01. The van der Waals surface area contributed by atoms with E-state index in [1.54, 1.807) is 25.5 Å². The molecule has 0 unspecified atom stereocenters. The molecule has 0 amide bonds. The lowest BCUT2D eigenvalue weighted by Crippen LogP contribution is -2.37. The van der Waals surface area contributed by atoms with Gasteiger partial charge in [0.25, 0.3) is 10.0 Å². The standard InChI is InChI=1S/C19H26FN3O4S/c1-7-27-17(24)12-22(16-10-8-15(20)9-11-16)28(25,26)18-13(2)21-23(14(18)3)19(4,5)6/h8-11H,7,12H2,1-6H3. The van der Waals surface area contributed by atoms with E-state index in [0.29, 0.717) is 11.4 Å². The zero-order valence-electron chi connectivity index (χ0n) is 17.0. The first kappa shape index (κ1) is 21.9. The van der Waals surface area contributed by atoms with Gasteiger partial charge in [0, 0.05) is 0 Å². The molecule has 0 aliphatic carbocycles. The topological polar surface area (TPSA) is 81.5 Å². The summed E-state index contributed by atoms with van der Waals surface area (Å²) in [6.07, 6.45) is 0. The van der Waals surface area contributed by atoms with E-state index in [-0.39, 0.29) is 17.2 Å². The molecule has 1 heterocycles. The number of hydrogen-bond donors (Lipinski definition) is 0. The van der Waals surface area contributed by atoms with E-state index in [1.165, 1.54) is 12.1 Å². The van der Waals surface area contributed by atoms with Crippen LogP contribution in [-0.4, -0.2) is 37.3 Å². The number of carbonyl (C=O) groups is 1. The molecule has 7 nitrogen and oxygen atoms in total. The van der Waals surface area contributed by atoms with Crippen molar-refractivity contribution in [3.63, 3.8) is 0 Å². The predicted octanol–water partition coefficient (Wildman–Crippen LogP) is 3.15. The average Bonchev–Trinajstić information content (AvgIpc) is 2.89. The van der Waals surface area contributed by atoms with Gasteiger partial charge in [-0.1, -0.05) is 0 Å². The van der Waals surface area contributed by atoms with Gasteiger partial charge in [0.2, 0.25) is 0 Å². The molecule has 9 heteroatoms. The van der Waals surface area contributed by atoms with Gasteiger partial charge in [0.15, 0.2) is 0 Å². The van der Waals surface area contributed by atoms with Crippen molar-refractivity contribution < 1.29 is 22.3 Å². The first-order chi connectivity index (χ1) is 12.9. The third-order valence-electron chi connectivity index (χ3n) is 4.10. The zero-order valence-corrected chi connectivity index (χ0v) is 17.8. The highest BCUT2D eigenvalue weighted by molar-refractivity contribution is 7.93. The molecule has 0 fully saturated rings. The van der Waals surface area contributed by atoms with Gasteiger partial charge in [-0.2, -0.15) is 5.10 Å². The number of sulfonamides is 1. The summed E-state index contributed by atoms with van der Waals surface area (Å²) in [5.41, 5.74) is 0.519. The highest BCUT2D eigenvalue weighted by Gasteiger charge is 2.34. The van der Waals surface area contributed by atoms with Crippen LogP contribution in [0, 0.1) is 19.7 Å². The summed E-state index contributed by atoms with van der Waals surface area (Å²) in [7, 11) is -4.15. The number of rotatable bonds is 6. The second-order valence-electron chi connectivity index (χ2n) is 7.38. The summed E-state index contributed by atoms with van der Waals surface area (Å²) in [6.45, 7) is 10.3. The Morgan fingerprint density at radius 1 is 1.21 bits per heavy atom. The number of nitrogens with zero attached hydrogens (tertiary/aromatic N) is 3. The number of anilines is 1. The zero-order chi connectivity index (χ0) is 21.3. The van der Waals surface area contributed by atoms with Crippen LogP contribution < -0.4 is 4.31 Å². The van der Waals surface area contributed by atoms with Crippen LogP contribution >= 0.6 is 0 Å². The van der Waals surface area contributed by atoms with E-state index in [4.69, 9.17) is 4.74 Å². The molecule has 0 N–H and O–H groups in total. The summed E-state index contributed by atoms with van der Waals surface area (Å²) >= 11 is 0. The maximum absolute atomic E-state index is 13.5. The third kappa shape index (κ3) is 4.35. The molecule has 0 bridgehead atoms. The molecule has 2 rings (SSSR count). The van der Waals surface area contributed by atoms with E-state index in [9.17, 15) is 17.6 Å². The molecule has 0 saturated heterocycles. The van der Waals surface area contributed by atoms with E-state index in [2.05, 4.69) is 5.10 Å². The van der Waals surface area contributed by atoms with Crippen LogP contribution in [0.4, 0.5) is 10.1 Å². The van der Waals surface area contributed by atoms with Gasteiger partial charge >= 0.3 is 5.97 Å². The van der Waals surface area contributed by atoms with Gasteiger partial charge in [-0.15, -0.1) is 0 Å². The summed E-state index contributed by atoms with van der Waals surface area (Å²) in [5.74, 6) is -1.21. The molecule has 0 atom stereocenters. The normalized spacial score (nSPS) is 12.1. The van der Waals surface area contributed by atoms with Gasteiger partial charge in [0.05, 0.1) is 29.2 Å². The second-order valence-corrected chi connectivity index (χ2v) is 9.17. The van der Waals surface area contributed by atoms with Gasteiger partial charge in [0.1, 0.15) is 17.3 Å². The van der Waals surface area contributed by atoms with E-state index >= 15 is 0 Å². The highest BCUT2D eigenvalue weighted by atomic mass is 32.2. The molecule has 1 aromatic carbocycles. The first-order valence-corrected chi connectivity index (χ1v) is 10.3. The Morgan fingerprint density at radius 2 is 1.79 bits per heavy atom. The Kier molecular flexibility index (Phi) is 6.18. The molecular formula is C19H26FN3O4S. The molecule has 1 aromatic heterocycles. The van der Waals surface area contributed by atoms with Crippen LogP contribution in [0.25, 0.3) is 0 Å². The Morgan fingerprint density at radius 3 is 2.25 bits per heavy atom. The number of aryl methyl sites for hydroxylation is 1. The minimum Gasteiger partial charge on any atom is -0.465 e. The number of halogens is 1. The summed E-state index contributed by atoms with van der Waals surface area (Å²) < 4.78 is 47.9. The lowest BCUT2D eigenvalue weighted by molar-refractivity contribution is -0.141. The summed E-state index contributed by atoms with van der Waals surface area (Å²) in [4.78, 5) is 12.1. The lowest BCUT2D eigenvalue weighted by Gasteiger charge is -2.25. The van der Waals surface area contributed by atoms with Crippen LogP contribution in [0.15, 0.2) is 29.2 Å². The van der Waals surface area contributed by atoms with Gasteiger partial charge < -0.3 is 4.74 Å². The van der Waals surface area contributed by atoms with Gasteiger partial charge in [-0.3, -0.25) is 13.8 Å². The Hall–Kier alpha value is -2.42. The predicted molar refractivity (Wildman–Crippen MR) is 104 cm³/mol. The Bertz CT molecular complexity index is 960. The fraction of sp³-hybridized carbons (Fsp3) is 0.474. The Balaban J connectivity index is 2.63. The number of ether oxygens (including phenoxy) is 1. The molecule has 28 heavy (non-hydrogen) atoms. The SMILES string of the molecule is CCOC(=O)CN(c1ccc(F)cc1)S(=O)(=O)c1c(C)nn(C(C)(C)C)c1C. The number of benzene rings is 1. The molecular weight excluding hydrogens is 385 g/mol. The van der Waals surface area contributed by atoms with Crippen LogP contribution in [0.3, 0.4) is 0 Å². The molecule has 0 aliphatic heterocycles. The quantitative estimate of drug-likeness (QED) is 0.682. The van der Waals surface area contributed by atoms with Crippen molar-refractivity contribution in [1.29, 1.82) is 0 Å². The van der Waals surface area contributed by atoms with Crippen LogP contribution in [-0.2, 0) is 25.1 Å². The molecule has 0 radical (unpaired) electrons.